The van der Waals surface area contributed by atoms with E-state index in [1.165, 1.54) is 25.5 Å². The van der Waals surface area contributed by atoms with Crippen molar-refractivity contribution in [2.75, 3.05) is 0 Å². The lowest BCUT2D eigenvalue weighted by Crippen LogP contribution is -2.20. The summed E-state index contributed by atoms with van der Waals surface area (Å²) >= 11 is 0. The third-order valence-corrected chi connectivity index (χ3v) is 2.55. The molecule has 0 unspecified atom stereocenters. The average molecular weight is 288 g/mol. The Labute approximate surface area is 125 Å². The highest BCUT2D eigenvalue weighted by molar-refractivity contribution is 5.68. The molecule has 0 aromatic heterocycles. The Bertz CT molecular complexity index is 537. The van der Waals surface area contributed by atoms with Crippen molar-refractivity contribution < 1.29 is 19.1 Å². The van der Waals surface area contributed by atoms with Gasteiger partial charge in [-0.2, -0.15) is 0 Å². The van der Waals surface area contributed by atoms with E-state index in [4.69, 9.17) is 9.47 Å². The molecule has 1 aromatic carbocycles. The number of allylic oxidation sites excluding steroid dienone is 2. The lowest BCUT2D eigenvalue weighted by molar-refractivity contribution is -0.176. The maximum Gasteiger partial charge on any atom is 0.305 e. The largest absolute Gasteiger partial charge is 0.421 e. The summed E-state index contributed by atoms with van der Waals surface area (Å²) in [6, 6.07) is 8.09. The fourth-order valence-electron chi connectivity index (χ4n) is 1.63. The molecule has 0 N–H and O–H groups in total. The van der Waals surface area contributed by atoms with Crippen molar-refractivity contribution in [1.29, 1.82) is 0 Å². The second-order valence-electron chi connectivity index (χ2n) is 4.75. The van der Waals surface area contributed by atoms with Crippen LogP contribution in [0.3, 0.4) is 0 Å². The number of carbonyl (C=O) groups excluding carboxylic acids is 2. The van der Waals surface area contributed by atoms with Gasteiger partial charge < -0.3 is 9.47 Å². The van der Waals surface area contributed by atoms with E-state index in [0.29, 0.717) is 0 Å². The summed E-state index contributed by atoms with van der Waals surface area (Å²) < 4.78 is 9.76. The van der Waals surface area contributed by atoms with Gasteiger partial charge in [-0.3, -0.25) is 9.59 Å². The molecule has 0 saturated heterocycles. The first-order valence-electron chi connectivity index (χ1n) is 6.64. The average Bonchev–Trinajstić information content (AvgIpc) is 2.37. The number of ether oxygens (including phenoxy) is 2. The summed E-state index contributed by atoms with van der Waals surface area (Å²) in [6.07, 6.45) is 4.26. The molecule has 0 aliphatic heterocycles. The molecular formula is C17H20O4. The van der Waals surface area contributed by atoms with Gasteiger partial charge in [0.15, 0.2) is 0 Å². The van der Waals surface area contributed by atoms with Crippen molar-refractivity contribution >= 4 is 18.0 Å². The van der Waals surface area contributed by atoms with E-state index >= 15 is 0 Å². The lowest BCUT2D eigenvalue weighted by atomic mass is 10.1. The SMILES string of the molecule is CC(=O)OC(C=CC(C)=Cc1ccc(C)cc1)OC(C)=O. The van der Waals surface area contributed by atoms with E-state index in [0.717, 1.165) is 11.1 Å². The zero-order chi connectivity index (χ0) is 15.8. The highest BCUT2D eigenvalue weighted by Gasteiger charge is 2.10. The molecule has 0 aliphatic carbocycles. The molecule has 0 heterocycles. The maximum absolute atomic E-state index is 10.9. The molecule has 0 aliphatic rings. The van der Waals surface area contributed by atoms with Crippen molar-refractivity contribution in [2.24, 2.45) is 0 Å². The van der Waals surface area contributed by atoms with Crippen LogP contribution in [0.25, 0.3) is 6.08 Å². The minimum Gasteiger partial charge on any atom is -0.421 e. The Morgan fingerprint density at radius 2 is 1.52 bits per heavy atom. The standard InChI is InChI=1S/C17H20O4/c1-12-5-8-16(9-6-12)11-13(2)7-10-17(20-14(3)18)21-15(4)19/h5-11,17H,1-4H3. The van der Waals surface area contributed by atoms with Crippen LogP contribution in [0.4, 0.5) is 0 Å². The minimum absolute atomic E-state index is 0.508. The fraction of sp³-hybridized carbons (Fsp3) is 0.294. The topological polar surface area (TPSA) is 52.6 Å². The molecule has 1 rings (SSSR count). The summed E-state index contributed by atoms with van der Waals surface area (Å²) in [5.74, 6) is -1.02. The second-order valence-corrected chi connectivity index (χ2v) is 4.75. The van der Waals surface area contributed by atoms with Gasteiger partial charge in [0, 0.05) is 13.8 Å². The Morgan fingerprint density at radius 1 is 1.00 bits per heavy atom. The van der Waals surface area contributed by atoms with Gasteiger partial charge >= 0.3 is 11.9 Å². The number of benzene rings is 1. The van der Waals surface area contributed by atoms with E-state index in [1.54, 1.807) is 6.08 Å². The first kappa shape index (κ1) is 16.7. The molecule has 0 atom stereocenters. The quantitative estimate of drug-likeness (QED) is 0.473. The molecule has 0 bridgehead atoms. The van der Waals surface area contributed by atoms with E-state index in [2.05, 4.69) is 0 Å². The van der Waals surface area contributed by atoms with E-state index in [1.807, 2.05) is 44.2 Å². The van der Waals surface area contributed by atoms with Gasteiger partial charge in [-0.1, -0.05) is 47.6 Å². The monoisotopic (exact) mass is 288 g/mol. The van der Waals surface area contributed by atoms with E-state index < -0.39 is 18.2 Å². The fourth-order valence-corrected chi connectivity index (χ4v) is 1.63. The number of aryl methyl sites for hydroxylation is 1. The maximum atomic E-state index is 10.9. The summed E-state index contributed by atoms with van der Waals surface area (Å²) in [6.45, 7) is 6.47. The normalized spacial score (nSPS) is 11.8. The van der Waals surface area contributed by atoms with Crippen molar-refractivity contribution in [2.45, 2.75) is 34.0 Å². The number of hydrogen-bond donors (Lipinski definition) is 0. The summed E-state index contributed by atoms with van der Waals surface area (Å²) in [7, 11) is 0. The van der Waals surface area contributed by atoms with Crippen molar-refractivity contribution in [3.8, 4) is 0 Å². The minimum atomic E-state index is -0.999. The molecule has 112 valence electrons. The number of esters is 2. The first-order valence-corrected chi connectivity index (χ1v) is 6.64. The van der Waals surface area contributed by atoms with Gasteiger partial charge in [-0.15, -0.1) is 0 Å². The van der Waals surface area contributed by atoms with Crippen LogP contribution in [0, 0.1) is 6.92 Å². The van der Waals surface area contributed by atoms with Crippen LogP contribution in [0.1, 0.15) is 31.9 Å². The van der Waals surface area contributed by atoms with Crippen LogP contribution >= 0.6 is 0 Å². The number of hydrogen-bond acceptors (Lipinski definition) is 4. The van der Waals surface area contributed by atoms with Crippen molar-refractivity contribution in [1.82, 2.24) is 0 Å². The predicted molar refractivity (Wildman–Crippen MR) is 81.3 cm³/mol. The summed E-state index contributed by atoms with van der Waals surface area (Å²) in [4.78, 5) is 21.9. The van der Waals surface area contributed by atoms with Crippen LogP contribution < -0.4 is 0 Å². The van der Waals surface area contributed by atoms with Crippen LogP contribution in [-0.2, 0) is 19.1 Å². The van der Waals surface area contributed by atoms with Gasteiger partial charge in [0.2, 0.25) is 0 Å². The Kier molecular flexibility index (Phi) is 6.40. The highest BCUT2D eigenvalue weighted by Crippen LogP contribution is 2.10. The Morgan fingerprint density at radius 3 is 2.00 bits per heavy atom. The van der Waals surface area contributed by atoms with Crippen LogP contribution in [0.15, 0.2) is 42.0 Å². The molecular weight excluding hydrogens is 268 g/mol. The van der Waals surface area contributed by atoms with Crippen molar-refractivity contribution in [3.05, 3.63) is 53.1 Å². The lowest BCUT2D eigenvalue weighted by Gasteiger charge is -2.12. The van der Waals surface area contributed by atoms with E-state index in [9.17, 15) is 9.59 Å². The van der Waals surface area contributed by atoms with Crippen molar-refractivity contribution in [3.63, 3.8) is 0 Å². The molecule has 0 radical (unpaired) electrons. The van der Waals surface area contributed by atoms with Gasteiger partial charge in [0.25, 0.3) is 6.29 Å². The van der Waals surface area contributed by atoms with Crippen LogP contribution in [0.5, 0.6) is 0 Å². The van der Waals surface area contributed by atoms with Gasteiger partial charge in [-0.05, 0) is 25.5 Å². The Hall–Kier alpha value is -2.36. The zero-order valence-corrected chi connectivity index (χ0v) is 12.8. The Balaban J connectivity index is 2.76. The number of carbonyl (C=O) groups is 2. The molecule has 0 saturated carbocycles. The van der Waals surface area contributed by atoms with Crippen LogP contribution in [0.2, 0.25) is 0 Å². The van der Waals surface area contributed by atoms with Gasteiger partial charge in [-0.25, -0.2) is 0 Å². The molecule has 0 amide bonds. The summed E-state index contributed by atoms with van der Waals surface area (Å²) in [5.41, 5.74) is 3.22. The smallest absolute Gasteiger partial charge is 0.305 e. The molecule has 4 heteroatoms. The third kappa shape index (κ3) is 7.11. The number of rotatable bonds is 5. The van der Waals surface area contributed by atoms with Crippen LogP contribution in [-0.4, -0.2) is 18.2 Å². The second kappa shape index (κ2) is 8.04. The zero-order valence-electron chi connectivity index (χ0n) is 12.8. The molecule has 21 heavy (non-hydrogen) atoms. The van der Waals surface area contributed by atoms with Gasteiger partial charge in [0.1, 0.15) is 0 Å². The molecule has 0 spiro atoms. The van der Waals surface area contributed by atoms with Gasteiger partial charge in [0.05, 0.1) is 0 Å². The predicted octanol–water partition coefficient (Wildman–Crippen LogP) is 3.41. The molecule has 0 fully saturated rings. The summed E-state index contributed by atoms with van der Waals surface area (Å²) in [5, 5.41) is 0. The van der Waals surface area contributed by atoms with E-state index in [-0.39, 0.29) is 0 Å². The third-order valence-electron chi connectivity index (χ3n) is 2.55. The highest BCUT2D eigenvalue weighted by atomic mass is 16.7. The first-order chi connectivity index (χ1) is 9.86. The molecule has 1 aromatic rings. The molecule has 4 nitrogen and oxygen atoms in total.